The van der Waals surface area contributed by atoms with Gasteiger partial charge >= 0.3 is 0 Å². The summed E-state index contributed by atoms with van der Waals surface area (Å²) in [6.07, 6.45) is -0.651. The summed E-state index contributed by atoms with van der Waals surface area (Å²) in [5, 5.41) is 2.38. The van der Waals surface area contributed by atoms with Crippen LogP contribution in [0.25, 0.3) is 21.8 Å². The fourth-order valence-corrected chi connectivity index (χ4v) is 6.58. The molecule has 0 spiro atoms. The highest BCUT2D eigenvalue weighted by Gasteiger charge is 2.29. The molecule has 0 aliphatic rings. The van der Waals surface area contributed by atoms with Crippen molar-refractivity contribution in [3.05, 3.63) is 76.9 Å². The van der Waals surface area contributed by atoms with E-state index in [1.165, 1.54) is 26.1 Å². The molecule has 3 aromatic carbocycles. The molecule has 0 aliphatic carbocycles. The van der Waals surface area contributed by atoms with Gasteiger partial charge in [0.15, 0.2) is 6.29 Å². The number of benzene rings is 3. The van der Waals surface area contributed by atoms with Crippen LogP contribution in [0.1, 0.15) is 43.0 Å². The van der Waals surface area contributed by atoms with E-state index in [1.54, 1.807) is 12.1 Å². The van der Waals surface area contributed by atoms with Crippen molar-refractivity contribution in [2.75, 3.05) is 19.8 Å². The van der Waals surface area contributed by atoms with Gasteiger partial charge in [-0.3, -0.25) is 0 Å². The van der Waals surface area contributed by atoms with Crippen molar-refractivity contribution in [2.45, 2.75) is 65.8 Å². The number of sulfonamides is 1. The van der Waals surface area contributed by atoms with Gasteiger partial charge in [-0.15, -0.1) is 0 Å². The van der Waals surface area contributed by atoms with Crippen molar-refractivity contribution in [3.8, 4) is 0 Å². The first-order chi connectivity index (χ1) is 17.7. The zero-order valence-corrected chi connectivity index (χ0v) is 23.6. The Labute approximate surface area is 220 Å². The first-order valence-corrected chi connectivity index (χ1v) is 14.5. The minimum Gasteiger partial charge on any atom is -0.352 e. The van der Waals surface area contributed by atoms with Gasteiger partial charge in [0, 0.05) is 42.6 Å². The molecular formula is C30H38N2O4S. The number of para-hydroxylation sites is 1. The van der Waals surface area contributed by atoms with Crippen LogP contribution in [0.5, 0.6) is 0 Å². The van der Waals surface area contributed by atoms with Crippen molar-refractivity contribution >= 4 is 31.8 Å². The lowest BCUT2D eigenvalue weighted by Gasteiger charge is -2.28. The molecule has 0 bridgehead atoms. The molecule has 0 saturated heterocycles. The Balaban J connectivity index is 1.85. The zero-order valence-electron chi connectivity index (χ0n) is 22.7. The van der Waals surface area contributed by atoms with Crippen LogP contribution < -0.4 is 0 Å². The van der Waals surface area contributed by atoms with E-state index in [9.17, 15) is 8.42 Å². The summed E-state index contributed by atoms with van der Waals surface area (Å²) in [7, 11) is -3.80. The van der Waals surface area contributed by atoms with E-state index >= 15 is 0 Å². The van der Waals surface area contributed by atoms with Gasteiger partial charge in [0.05, 0.1) is 17.0 Å². The lowest BCUT2D eigenvalue weighted by atomic mass is 9.98. The number of hydrogen-bond donors (Lipinski definition) is 0. The van der Waals surface area contributed by atoms with Crippen molar-refractivity contribution in [1.82, 2.24) is 8.87 Å². The second-order valence-electron chi connectivity index (χ2n) is 9.41. The van der Waals surface area contributed by atoms with Crippen molar-refractivity contribution < 1.29 is 17.9 Å². The molecule has 198 valence electrons. The predicted octanol–water partition coefficient (Wildman–Crippen LogP) is 6.33. The van der Waals surface area contributed by atoms with Gasteiger partial charge < -0.3 is 14.0 Å². The van der Waals surface area contributed by atoms with Crippen molar-refractivity contribution in [3.63, 3.8) is 0 Å². The molecular weight excluding hydrogens is 484 g/mol. The molecule has 0 fully saturated rings. The Morgan fingerprint density at radius 2 is 1.57 bits per heavy atom. The Morgan fingerprint density at radius 1 is 0.919 bits per heavy atom. The van der Waals surface area contributed by atoms with Crippen LogP contribution in [0.2, 0.25) is 0 Å². The van der Waals surface area contributed by atoms with Crippen molar-refractivity contribution in [2.24, 2.45) is 0 Å². The Bertz CT molecular complexity index is 1480. The van der Waals surface area contributed by atoms with Crippen LogP contribution in [0.4, 0.5) is 0 Å². The van der Waals surface area contributed by atoms with E-state index in [4.69, 9.17) is 9.47 Å². The first-order valence-electron chi connectivity index (χ1n) is 13.0. The number of fused-ring (bicyclic) bond motifs is 3. The molecule has 0 N–H and O–H groups in total. The van der Waals surface area contributed by atoms with Gasteiger partial charge in [-0.1, -0.05) is 42.0 Å². The highest BCUT2D eigenvalue weighted by Crippen LogP contribution is 2.36. The minimum atomic E-state index is -3.80. The standard InChI is InChI=1S/C30H38N2O4S/c1-7-32-27-13-11-10-12-26(27)29-23(6)24(18-22(5)30(29)32)19-31(20-28(35-8-2)36-9-3)37(33,34)25-16-14-21(4)15-17-25/h10-18,28H,7-9,19-20H2,1-6H3. The largest absolute Gasteiger partial charge is 0.352 e. The van der Waals surface area contributed by atoms with E-state index in [1.807, 2.05) is 32.9 Å². The second-order valence-corrected chi connectivity index (χ2v) is 11.4. The third-order valence-electron chi connectivity index (χ3n) is 6.97. The molecule has 0 radical (unpaired) electrons. The van der Waals surface area contributed by atoms with Crippen LogP contribution in [0.3, 0.4) is 0 Å². The summed E-state index contributed by atoms with van der Waals surface area (Å²) in [5.41, 5.74) is 6.62. The van der Waals surface area contributed by atoms with Crippen LogP contribution in [-0.4, -0.2) is 43.3 Å². The molecule has 0 atom stereocenters. The topological polar surface area (TPSA) is 60.8 Å². The lowest BCUT2D eigenvalue weighted by molar-refractivity contribution is -0.140. The molecule has 0 aliphatic heterocycles. The predicted molar refractivity (Wildman–Crippen MR) is 150 cm³/mol. The molecule has 37 heavy (non-hydrogen) atoms. The number of hydrogen-bond acceptors (Lipinski definition) is 4. The monoisotopic (exact) mass is 522 g/mol. The average molecular weight is 523 g/mol. The van der Waals surface area contributed by atoms with E-state index in [0.717, 1.165) is 28.8 Å². The van der Waals surface area contributed by atoms with Gasteiger partial charge in [0.2, 0.25) is 10.0 Å². The van der Waals surface area contributed by atoms with Gasteiger partial charge in [0.25, 0.3) is 0 Å². The summed E-state index contributed by atoms with van der Waals surface area (Å²) < 4.78 is 43.2. The fourth-order valence-electron chi connectivity index (χ4n) is 5.17. The van der Waals surface area contributed by atoms with E-state index in [-0.39, 0.29) is 18.0 Å². The number of rotatable bonds is 11. The molecule has 0 amide bonds. The quantitative estimate of drug-likeness (QED) is 0.216. The molecule has 1 heterocycles. The summed E-state index contributed by atoms with van der Waals surface area (Å²) >= 11 is 0. The Kier molecular flexibility index (Phi) is 8.39. The highest BCUT2D eigenvalue weighted by molar-refractivity contribution is 7.89. The molecule has 4 aromatic rings. The smallest absolute Gasteiger partial charge is 0.243 e. The minimum absolute atomic E-state index is 0.102. The highest BCUT2D eigenvalue weighted by atomic mass is 32.2. The Hall–Kier alpha value is -2.71. The molecule has 0 unspecified atom stereocenters. The molecule has 6 nitrogen and oxygen atoms in total. The van der Waals surface area contributed by atoms with Crippen LogP contribution in [0.15, 0.2) is 59.5 Å². The van der Waals surface area contributed by atoms with Gasteiger partial charge in [0.1, 0.15) is 0 Å². The number of aryl methyl sites for hydroxylation is 4. The van der Waals surface area contributed by atoms with Crippen LogP contribution >= 0.6 is 0 Å². The van der Waals surface area contributed by atoms with Gasteiger partial charge in [-0.05, 0) is 76.4 Å². The second kappa shape index (κ2) is 11.4. The fraction of sp³-hybridized carbons (Fsp3) is 0.400. The summed E-state index contributed by atoms with van der Waals surface area (Å²) in [4.78, 5) is 0.267. The third kappa shape index (κ3) is 5.32. The molecule has 7 heteroatoms. The van der Waals surface area contributed by atoms with Gasteiger partial charge in [-0.2, -0.15) is 4.31 Å². The van der Waals surface area contributed by atoms with Crippen molar-refractivity contribution in [1.29, 1.82) is 0 Å². The number of ether oxygens (including phenoxy) is 2. The molecule has 1 aromatic heterocycles. The summed E-state index contributed by atoms with van der Waals surface area (Å²) in [5.74, 6) is 0. The SMILES string of the molecule is CCOC(CN(Cc1cc(C)c2c(c1C)c1ccccc1n2CC)S(=O)(=O)c1ccc(C)cc1)OCC. The van der Waals surface area contributed by atoms with E-state index in [0.29, 0.717) is 13.2 Å². The van der Waals surface area contributed by atoms with Crippen LogP contribution in [0, 0.1) is 20.8 Å². The maximum Gasteiger partial charge on any atom is 0.243 e. The average Bonchev–Trinajstić information content (AvgIpc) is 3.22. The van der Waals surface area contributed by atoms with E-state index < -0.39 is 16.3 Å². The maximum atomic E-state index is 13.9. The first kappa shape index (κ1) is 27.3. The number of aromatic nitrogens is 1. The lowest BCUT2D eigenvalue weighted by Crippen LogP contribution is -2.39. The third-order valence-corrected chi connectivity index (χ3v) is 8.80. The zero-order chi connectivity index (χ0) is 26.7. The summed E-state index contributed by atoms with van der Waals surface area (Å²) in [6.45, 7) is 14.1. The normalized spacial score (nSPS) is 12.4. The molecule has 4 rings (SSSR count). The molecule has 0 saturated carbocycles. The maximum absolute atomic E-state index is 13.9. The van der Waals surface area contributed by atoms with Gasteiger partial charge in [-0.25, -0.2) is 8.42 Å². The number of nitrogens with zero attached hydrogens (tertiary/aromatic N) is 2. The van der Waals surface area contributed by atoms with Crippen LogP contribution in [-0.2, 0) is 32.6 Å². The Morgan fingerprint density at radius 3 is 2.19 bits per heavy atom. The summed E-state index contributed by atoms with van der Waals surface area (Å²) in [6, 6.07) is 17.6. The van der Waals surface area contributed by atoms with E-state index in [2.05, 4.69) is 55.7 Å².